The number of aldehydes is 1. The van der Waals surface area contributed by atoms with Gasteiger partial charge in [0.15, 0.2) is 6.29 Å². The Bertz CT molecular complexity index is 274. The molecule has 0 saturated carbocycles. The lowest BCUT2D eigenvalue weighted by molar-refractivity contribution is -0.127. The van der Waals surface area contributed by atoms with Crippen LogP contribution in [0, 0.1) is 0 Å². The van der Waals surface area contributed by atoms with Gasteiger partial charge in [-0.2, -0.15) is 0 Å². The fraction of sp³-hybridized carbons (Fsp3) is 0.800. The summed E-state index contributed by atoms with van der Waals surface area (Å²) < 4.78 is 18.8. The van der Waals surface area contributed by atoms with Gasteiger partial charge in [0.25, 0.3) is 0 Å². The van der Waals surface area contributed by atoms with Crippen molar-refractivity contribution in [1.29, 1.82) is 0 Å². The van der Waals surface area contributed by atoms with Crippen molar-refractivity contribution < 1.29 is 18.7 Å². The number of carbonyl (C=O) groups excluding carboxylic acids is 2. The number of ether oxygens (including phenoxy) is 1. The van der Waals surface area contributed by atoms with Crippen molar-refractivity contribution in [2.45, 2.75) is 45.0 Å². The second-order valence-corrected chi connectivity index (χ2v) is 4.67. The zero-order valence-corrected chi connectivity index (χ0v) is 9.25. The van der Waals surface area contributed by atoms with Crippen molar-refractivity contribution in [3.05, 3.63) is 0 Å². The molecular weight excluding hydrogens is 201 g/mol. The van der Waals surface area contributed by atoms with E-state index in [4.69, 9.17) is 4.74 Å². The lowest BCUT2D eigenvalue weighted by atomic mass is 10.2. The maximum absolute atomic E-state index is 13.8. The summed E-state index contributed by atoms with van der Waals surface area (Å²) in [6.07, 6.45) is -0.0664. The Labute approximate surface area is 88.4 Å². The Hall–Kier alpha value is -1.13. The fourth-order valence-corrected chi connectivity index (χ4v) is 1.49. The highest BCUT2D eigenvalue weighted by Crippen LogP contribution is 2.30. The molecule has 0 aromatic heterocycles. The van der Waals surface area contributed by atoms with Crippen LogP contribution in [-0.4, -0.2) is 35.2 Å². The van der Waals surface area contributed by atoms with Crippen molar-refractivity contribution in [2.24, 2.45) is 0 Å². The minimum Gasteiger partial charge on any atom is -0.444 e. The molecule has 1 fully saturated rings. The van der Waals surface area contributed by atoms with E-state index >= 15 is 0 Å². The average molecular weight is 217 g/mol. The van der Waals surface area contributed by atoms with Gasteiger partial charge in [-0.05, 0) is 27.2 Å². The van der Waals surface area contributed by atoms with Crippen molar-refractivity contribution >= 4 is 12.4 Å². The molecule has 0 aromatic carbocycles. The maximum Gasteiger partial charge on any atom is 0.413 e. The van der Waals surface area contributed by atoms with Crippen LogP contribution in [0.5, 0.6) is 0 Å². The normalized spacial score (nSPS) is 26.5. The third-order valence-corrected chi connectivity index (χ3v) is 2.15. The van der Waals surface area contributed by atoms with Crippen LogP contribution in [0.2, 0.25) is 0 Å². The topological polar surface area (TPSA) is 46.6 Å². The molecule has 0 spiro atoms. The van der Waals surface area contributed by atoms with E-state index in [9.17, 15) is 14.0 Å². The van der Waals surface area contributed by atoms with E-state index < -0.39 is 17.5 Å². The first-order valence-electron chi connectivity index (χ1n) is 4.94. The zero-order valence-electron chi connectivity index (χ0n) is 9.25. The zero-order chi connectivity index (χ0) is 11.7. The SMILES string of the molecule is CC(C)(C)OC(=O)N1CCC[C@]1(F)C=O. The quantitative estimate of drug-likeness (QED) is 0.497. The molecule has 1 rings (SSSR count). The minimum absolute atomic E-state index is 0.0513. The number of alkyl halides is 1. The van der Waals surface area contributed by atoms with Gasteiger partial charge in [0.1, 0.15) is 5.60 Å². The van der Waals surface area contributed by atoms with Crippen molar-refractivity contribution in [1.82, 2.24) is 4.90 Å². The fourth-order valence-electron chi connectivity index (χ4n) is 1.49. The van der Waals surface area contributed by atoms with E-state index in [0.717, 1.165) is 4.90 Å². The third kappa shape index (κ3) is 2.67. The molecule has 0 radical (unpaired) electrons. The summed E-state index contributed by atoms with van der Waals surface area (Å²) in [5.41, 5.74) is -0.677. The first-order valence-corrected chi connectivity index (χ1v) is 4.94. The number of nitrogens with zero attached hydrogens (tertiary/aromatic N) is 1. The molecule has 5 heteroatoms. The average Bonchev–Trinajstić information content (AvgIpc) is 2.45. The first-order chi connectivity index (χ1) is 6.78. The summed E-state index contributed by atoms with van der Waals surface area (Å²) in [4.78, 5) is 23.0. The summed E-state index contributed by atoms with van der Waals surface area (Å²) >= 11 is 0. The predicted octanol–water partition coefficient (Wildman–Crippen LogP) is 1.88. The minimum atomic E-state index is -2.18. The molecule has 15 heavy (non-hydrogen) atoms. The van der Waals surface area contributed by atoms with Crippen molar-refractivity contribution in [3.8, 4) is 0 Å². The summed E-state index contributed by atoms with van der Waals surface area (Å²) in [5, 5.41) is 0. The Kier molecular flexibility index (Phi) is 3.02. The van der Waals surface area contributed by atoms with Crippen LogP contribution in [0.25, 0.3) is 0 Å². The molecule has 0 N–H and O–H groups in total. The number of amides is 1. The van der Waals surface area contributed by atoms with E-state index in [1.807, 2.05) is 0 Å². The molecule has 1 amide bonds. The van der Waals surface area contributed by atoms with E-state index in [-0.39, 0.29) is 19.3 Å². The molecule has 1 saturated heterocycles. The first kappa shape index (κ1) is 11.9. The highest BCUT2D eigenvalue weighted by atomic mass is 19.1. The van der Waals surface area contributed by atoms with Gasteiger partial charge < -0.3 is 4.74 Å². The van der Waals surface area contributed by atoms with Crippen molar-refractivity contribution in [2.75, 3.05) is 6.54 Å². The monoisotopic (exact) mass is 217 g/mol. The lowest BCUT2D eigenvalue weighted by Gasteiger charge is -2.29. The molecule has 0 aliphatic carbocycles. The van der Waals surface area contributed by atoms with Crippen LogP contribution in [0.4, 0.5) is 9.18 Å². The number of halogens is 1. The molecule has 0 unspecified atom stereocenters. The summed E-state index contributed by atoms with van der Waals surface area (Å²) in [6, 6.07) is 0. The smallest absolute Gasteiger partial charge is 0.413 e. The van der Waals surface area contributed by atoms with Gasteiger partial charge in [-0.25, -0.2) is 9.18 Å². The number of hydrogen-bond acceptors (Lipinski definition) is 3. The molecule has 1 aliphatic heterocycles. The molecule has 1 aliphatic rings. The Morgan fingerprint density at radius 1 is 1.53 bits per heavy atom. The van der Waals surface area contributed by atoms with Crippen LogP contribution in [0.3, 0.4) is 0 Å². The number of rotatable bonds is 1. The molecule has 4 nitrogen and oxygen atoms in total. The maximum atomic E-state index is 13.8. The van der Waals surface area contributed by atoms with E-state index in [0.29, 0.717) is 6.42 Å². The number of hydrogen-bond donors (Lipinski definition) is 0. The number of carbonyl (C=O) groups is 2. The van der Waals surface area contributed by atoms with Crippen LogP contribution in [-0.2, 0) is 9.53 Å². The Balaban J connectivity index is 2.72. The van der Waals surface area contributed by atoms with Gasteiger partial charge in [0.05, 0.1) is 0 Å². The largest absolute Gasteiger partial charge is 0.444 e. The van der Waals surface area contributed by atoms with Gasteiger partial charge >= 0.3 is 6.09 Å². The molecule has 0 bridgehead atoms. The Morgan fingerprint density at radius 2 is 2.13 bits per heavy atom. The highest BCUT2D eigenvalue weighted by molar-refractivity contribution is 5.76. The lowest BCUT2D eigenvalue weighted by Crippen LogP contribution is -2.47. The van der Waals surface area contributed by atoms with Gasteiger partial charge in [-0.15, -0.1) is 0 Å². The van der Waals surface area contributed by atoms with Gasteiger partial charge in [-0.1, -0.05) is 0 Å². The standard InChI is InChI=1S/C10H16FNO3/c1-9(2,3)15-8(14)12-6-4-5-10(12,11)7-13/h7H,4-6H2,1-3H3/t10-/m1/s1. The highest BCUT2D eigenvalue weighted by Gasteiger charge is 2.45. The van der Waals surface area contributed by atoms with Gasteiger partial charge in [-0.3, -0.25) is 9.69 Å². The summed E-state index contributed by atoms with van der Waals surface area (Å²) in [7, 11) is 0. The van der Waals surface area contributed by atoms with Gasteiger partial charge in [0.2, 0.25) is 5.79 Å². The van der Waals surface area contributed by atoms with E-state index in [1.54, 1.807) is 20.8 Å². The predicted molar refractivity (Wildman–Crippen MR) is 52.1 cm³/mol. The molecule has 86 valence electrons. The second kappa shape index (κ2) is 3.79. The molecular formula is C10H16FNO3. The molecule has 1 atom stereocenters. The summed E-state index contributed by atoms with van der Waals surface area (Å²) in [5.74, 6) is -2.18. The van der Waals surface area contributed by atoms with Crippen LogP contribution < -0.4 is 0 Å². The Morgan fingerprint density at radius 3 is 2.60 bits per heavy atom. The summed E-state index contributed by atoms with van der Waals surface area (Å²) in [6.45, 7) is 5.32. The molecule has 0 aromatic rings. The van der Waals surface area contributed by atoms with Crippen LogP contribution >= 0.6 is 0 Å². The van der Waals surface area contributed by atoms with Crippen LogP contribution in [0.15, 0.2) is 0 Å². The second-order valence-electron chi connectivity index (χ2n) is 4.67. The number of likely N-dealkylation sites (tertiary alicyclic amines) is 1. The van der Waals surface area contributed by atoms with E-state index in [2.05, 4.69) is 0 Å². The van der Waals surface area contributed by atoms with Crippen LogP contribution in [0.1, 0.15) is 33.6 Å². The van der Waals surface area contributed by atoms with E-state index in [1.165, 1.54) is 0 Å². The van der Waals surface area contributed by atoms with Crippen molar-refractivity contribution in [3.63, 3.8) is 0 Å². The third-order valence-electron chi connectivity index (χ3n) is 2.15. The van der Waals surface area contributed by atoms with Gasteiger partial charge in [0, 0.05) is 13.0 Å². The molecule has 1 heterocycles.